The maximum Gasteiger partial charge on any atom is 0.0807 e. The summed E-state index contributed by atoms with van der Waals surface area (Å²) in [5.41, 5.74) is 1.92. The van der Waals surface area contributed by atoms with E-state index in [0.29, 0.717) is 5.92 Å². The van der Waals surface area contributed by atoms with Crippen LogP contribution in [0.2, 0.25) is 0 Å². The maximum absolute atomic E-state index is 10.1. The molecule has 1 fully saturated rings. The molecule has 0 saturated carbocycles. The molecule has 1 aromatic heterocycles. The molecule has 0 spiro atoms. The number of hydrogen-bond donors (Lipinski definition) is 1. The standard InChI is InChI=1S/C13H19NO2/c1-10-2-3-12(9-14-10)13(15)8-11-4-6-16-7-5-11/h2-3,9,11,13,15H,4-8H2,1H3. The van der Waals surface area contributed by atoms with Gasteiger partial charge in [0, 0.05) is 25.1 Å². The van der Waals surface area contributed by atoms with Gasteiger partial charge >= 0.3 is 0 Å². The molecule has 0 bridgehead atoms. The van der Waals surface area contributed by atoms with Gasteiger partial charge in [-0.15, -0.1) is 0 Å². The molecule has 1 saturated heterocycles. The molecule has 0 aromatic carbocycles. The van der Waals surface area contributed by atoms with Crippen molar-refractivity contribution in [2.24, 2.45) is 5.92 Å². The summed E-state index contributed by atoms with van der Waals surface area (Å²) in [6.07, 6.45) is 4.36. The van der Waals surface area contributed by atoms with Crippen molar-refractivity contribution in [3.8, 4) is 0 Å². The summed E-state index contributed by atoms with van der Waals surface area (Å²) >= 11 is 0. The van der Waals surface area contributed by atoms with Crippen molar-refractivity contribution >= 4 is 0 Å². The van der Waals surface area contributed by atoms with E-state index in [9.17, 15) is 5.11 Å². The van der Waals surface area contributed by atoms with E-state index in [1.807, 2.05) is 19.1 Å². The molecule has 1 aliphatic rings. The van der Waals surface area contributed by atoms with Gasteiger partial charge in [-0.05, 0) is 43.7 Å². The third-order valence-electron chi connectivity index (χ3n) is 3.22. The summed E-state index contributed by atoms with van der Waals surface area (Å²) in [5, 5.41) is 10.1. The van der Waals surface area contributed by atoms with Crippen LogP contribution in [0.25, 0.3) is 0 Å². The zero-order chi connectivity index (χ0) is 11.4. The predicted octanol–water partition coefficient (Wildman–Crippen LogP) is 2.24. The van der Waals surface area contributed by atoms with Crippen molar-refractivity contribution in [2.75, 3.05) is 13.2 Å². The molecule has 1 aromatic rings. The zero-order valence-electron chi connectivity index (χ0n) is 9.72. The second-order valence-electron chi connectivity index (χ2n) is 4.54. The summed E-state index contributed by atoms with van der Waals surface area (Å²) in [6.45, 7) is 3.63. The van der Waals surface area contributed by atoms with Crippen LogP contribution in [0.1, 0.15) is 36.6 Å². The first-order valence-corrected chi connectivity index (χ1v) is 5.94. The van der Waals surface area contributed by atoms with Crippen LogP contribution in [0.15, 0.2) is 18.3 Å². The Balaban J connectivity index is 1.91. The summed E-state index contributed by atoms with van der Waals surface area (Å²) in [6, 6.07) is 3.91. The highest BCUT2D eigenvalue weighted by Gasteiger charge is 2.18. The average molecular weight is 221 g/mol. The molecular formula is C13H19NO2. The smallest absolute Gasteiger partial charge is 0.0807 e. The highest BCUT2D eigenvalue weighted by Crippen LogP contribution is 2.27. The monoisotopic (exact) mass is 221 g/mol. The van der Waals surface area contributed by atoms with E-state index in [1.54, 1.807) is 6.20 Å². The number of aliphatic hydroxyl groups excluding tert-OH is 1. The molecule has 1 N–H and O–H groups in total. The fourth-order valence-electron chi connectivity index (χ4n) is 2.11. The molecule has 1 unspecified atom stereocenters. The predicted molar refractivity (Wildman–Crippen MR) is 62.1 cm³/mol. The van der Waals surface area contributed by atoms with Crippen LogP contribution in [0.3, 0.4) is 0 Å². The van der Waals surface area contributed by atoms with Crippen LogP contribution < -0.4 is 0 Å². The second kappa shape index (κ2) is 5.41. The quantitative estimate of drug-likeness (QED) is 0.851. The zero-order valence-corrected chi connectivity index (χ0v) is 9.72. The van der Waals surface area contributed by atoms with Crippen LogP contribution in [-0.4, -0.2) is 23.3 Å². The summed E-state index contributed by atoms with van der Waals surface area (Å²) in [7, 11) is 0. The van der Waals surface area contributed by atoms with E-state index < -0.39 is 0 Å². The van der Waals surface area contributed by atoms with Crippen LogP contribution >= 0.6 is 0 Å². The molecule has 88 valence electrons. The van der Waals surface area contributed by atoms with Gasteiger partial charge < -0.3 is 9.84 Å². The van der Waals surface area contributed by atoms with E-state index in [-0.39, 0.29) is 6.10 Å². The van der Waals surface area contributed by atoms with Crippen molar-refractivity contribution in [3.63, 3.8) is 0 Å². The van der Waals surface area contributed by atoms with Crippen LogP contribution in [0.4, 0.5) is 0 Å². The minimum atomic E-state index is -0.379. The minimum absolute atomic E-state index is 0.379. The van der Waals surface area contributed by atoms with Crippen LogP contribution in [-0.2, 0) is 4.74 Å². The fourth-order valence-corrected chi connectivity index (χ4v) is 2.11. The van der Waals surface area contributed by atoms with Gasteiger partial charge in [0.25, 0.3) is 0 Å². The second-order valence-corrected chi connectivity index (χ2v) is 4.54. The lowest BCUT2D eigenvalue weighted by atomic mass is 9.91. The Labute approximate surface area is 96.5 Å². The summed E-state index contributed by atoms with van der Waals surface area (Å²) in [5.74, 6) is 0.588. The minimum Gasteiger partial charge on any atom is -0.388 e. The van der Waals surface area contributed by atoms with Crippen LogP contribution in [0, 0.1) is 12.8 Å². The highest BCUT2D eigenvalue weighted by atomic mass is 16.5. The normalized spacial score (nSPS) is 19.6. The lowest BCUT2D eigenvalue weighted by Gasteiger charge is -2.24. The van der Waals surface area contributed by atoms with Crippen molar-refractivity contribution in [3.05, 3.63) is 29.6 Å². The lowest BCUT2D eigenvalue weighted by Crippen LogP contribution is -2.18. The Morgan fingerprint density at radius 1 is 1.44 bits per heavy atom. The number of rotatable bonds is 3. The number of hydrogen-bond acceptors (Lipinski definition) is 3. The van der Waals surface area contributed by atoms with Gasteiger partial charge in [0.05, 0.1) is 6.10 Å². The molecule has 16 heavy (non-hydrogen) atoms. The third-order valence-corrected chi connectivity index (χ3v) is 3.22. The summed E-state index contributed by atoms with van der Waals surface area (Å²) < 4.78 is 5.31. The van der Waals surface area contributed by atoms with E-state index in [2.05, 4.69) is 4.98 Å². The fraction of sp³-hybridized carbons (Fsp3) is 0.615. The topological polar surface area (TPSA) is 42.4 Å². The Bertz CT molecular complexity index is 317. The SMILES string of the molecule is Cc1ccc(C(O)CC2CCOCC2)cn1. The average Bonchev–Trinajstić information content (AvgIpc) is 2.31. The molecule has 0 aliphatic carbocycles. The number of ether oxygens (including phenoxy) is 1. The van der Waals surface area contributed by atoms with Crippen molar-refractivity contribution in [2.45, 2.75) is 32.3 Å². The van der Waals surface area contributed by atoms with Gasteiger partial charge in [0.1, 0.15) is 0 Å². The van der Waals surface area contributed by atoms with Gasteiger partial charge in [0.15, 0.2) is 0 Å². The molecular weight excluding hydrogens is 202 g/mol. The van der Waals surface area contributed by atoms with Crippen molar-refractivity contribution in [1.29, 1.82) is 0 Å². The molecule has 2 rings (SSSR count). The highest BCUT2D eigenvalue weighted by molar-refractivity contribution is 5.15. The molecule has 0 radical (unpaired) electrons. The Hall–Kier alpha value is -0.930. The molecule has 3 heteroatoms. The van der Waals surface area contributed by atoms with Crippen molar-refractivity contribution < 1.29 is 9.84 Å². The first-order valence-electron chi connectivity index (χ1n) is 5.94. The first-order chi connectivity index (χ1) is 7.75. The van der Waals surface area contributed by atoms with Gasteiger partial charge in [-0.3, -0.25) is 4.98 Å². The van der Waals surface area contributed by atoms with Crippen molar-refractivity contribution in [1.82, 2.24) is 4.98 Å². The van der Waals surface area contributed by atoms with E-state index in [0.717, 1.165) is 43.7 Å². The Kier molecular flexibility index (Phi) is 3.91. The first kappa shape index (κ1) is 11.6. The molecule has 1 atom stereocenters. The molecule has 2 heterocycles. The Morgan fingerprint density at radius 2 is 2.19 bits per heavy atom. The van der Waals surface area contributed by atoms with E-state index in [4.69, 9.17) is 4.74 Å². The number of aliphatic hydroxyl groups is 1. The number of aryl methyl sites for hydroxylation is 1. The lowest BCUT2D eigenvalue weighted by molar-refractivity contribution is 0.0434. The molecule has 0 amide bonds. The van der Waals surface area contributed by atoms with E-state index >= 15 is 0 Å². The maximum atomic E-state index is 10.1. The number of pyridine rings is 1. The van der Waals surface area contributed by atoms with Gasteiger partial charge in [0.2, 0.25) is 0 Å². The third kappa shape index (κ3) is 3.03. The van der Waals surface area contributed by atoms with Gasteiger partial charge in [-0.2, -0.15) is 0 Å². The largest absolute Gasteiger partial charge is 0.388 e. The number of aromatic nitrogens is 1. The Morgan fingerprint density at radius 3 is 2.81 bits per heavy atom. The van der Waals surface area contributed by atoms with Gasteiger partial charge in [-0.25, -0.2) is 0 Å². The molecule has 3 nitrogen and oxygen atoms in total. The van der Waals surface area contributed by atoms with Crippen LogP contribution in [0.5, 0.6) is 0 Å². The molecule has 1 aliphatic heterocycles. The number of nitrogens with zero attached hydrogens (tertiary/aromatic N) is 1. The van der Waals surface area contributed by atoms with Gasteiger partial charge in [-0.1, -0.05) is 6.07 Å². The summed E-state index contributed by atoms with van der Waals surface area (Å²) in [4.78, 5) is 4.21. The van der Waals surface area contributed by atoms with E-state index in [1.165, 1.54) is 0 Å².